The lowest BCUT2D eigenvalue weighted by molar-refractivity contribution is -0.137. The summed E-state index contributed by atoms with van der Waals surface area (Å²) in [5.74, 6) is 1.28. The van der Waals surface area contributed by atoms with Crippen LogP contribution in [0.25, 0.3) is 0 Å². The van der Waals surface area contributed by atoms with E-state index >= 15 is 0 Å². The van der Waals surface area contributed by atoms with Crippen LogP contribution >= 0.6 is 11.8 Å². The highest BCUT2D eigenvalue weighted by Crippen LogP contribution is 2.46. The van der Waals surface area contributed by atoms with Crippen LogP contribution in [0.15, 0.2) is 40.1 Å². The molecule has 1 saturated heterocycles. The largest absolute Gasteiger partial charge is 0.416 e. The molecule has 2 heterocycles. The number of alkyl halides is 3. The second-order valence-corrected chi connectivity index (χ2v) is 10.8. The first-order valence-corrected chi connectivity index (χ1v) is 13.0. The molecule has 2 aromatic rings. The maximum Gasteiger partial charge on any atom is 0.416 e. The molecule has 2 unspecified atom stereocenters. The average molecular weight is 493 g/mol. The Balaban J connectivity index is 1.56. The molecule has 8 heteroatoms. The predicted octanol–water partition coefficient (Wildman–Crippen LogP) is 5.59. The van der Waals surface area contributed by atoms with Crippen LogP contribution in [0.3, 0.4) is 0 Å². The molecule has 34 heavy (non-hydrogen) atoms. The van der Waals surface area contributed by atoms with E-state index in [0.717, 1.165) is 43.1 Å². The molecule has 2 aliphatic heterocycles. The van der Waals surface area contributed by atoms with Gasteiger partial charge in [-0.1, -0.05) is 31.7 Å². The molecule has 0 spiro atoms. The minimum Gasteiger partial charge on any atom is -0.385 e. The van der Waals surface area contributed by atoms with Gasteiger partial charge in [-0.25, -0.2) is 0 Å². The van der Waals surface area contributed by atoms with Gasteiger partial charge in [0.25, 0.3) is 0 Å². The fourth-order valence-electron chi connectivity index (χ4n) is 5.07. The zero-order valence-electron chi connectivity index (χ0n) is 20.0. The SMILES string of the molecule is CC1CC(C)CN(c2ccc3c(c2)Sc2cc(C(F)(F)F)cc(NCCCNCCN)c2C3)C1. The normalized spacial score (nSPS) is 20.1. The third-order valence-electron chi connectivity index (χ3n) is 6.58. The minimum atomic E-state index is -4.38. The Kier molecular flexibility index (Phi) is 8.00. The van der Waals surface area contributed by atoms with E-state index in [-0.39, 0.29) is 0 Å². The fourth-order valence-corrected chi connectivity index (χ4v) is 6.25. The molecule has 4 N–H and O–H groups in total. The summed E-state index contributed by atoms with van der Waals surface area (Å²) < 4.78 is 41.0. The number of rotatable bonds is 8. The van der Waals surface area contributed by atoms with Crippen LogP contribution in [0.4, 0.5) is 24.5 Å². The highest BCUT2D eigenvalue weighted by molar-refractivity contribution is 7.99. The van der Waals surface area contributed by atoms with Crippen molar-refractivity contribution in [3.63, 3.8) is 0 Å². The van der Waals surface area contributed by atoms with Crippen LogP contribution in [-0.4, -0.2) is 39.3 Å². The third kappa shape index (κ3) is 6.01. The molecule has 4 rings (SSSR count). The molecule has 186 valence electrons. The van der Waals surface area contributed by atoms with Crippen molar-refractivity contribution in [2.24, 2.45) is 17.6 Å². The van der Waals surface area contributed by atoms with Crippen molar-refractivity contribution in [3.05, 3.63) is 47.0 Å². The average Bonchev–Trinajstić information content (AvgIpc) is 2.78. The molecule has 1 fully saturated rings. The molecule has 0 saturated carbocycles. The zero-order valence-corrected chi connectivity index (χ0v) is 20.8. The number of benzene rings is 2. The summed E-state index contributed by atoms with van der Waals surface area (Å²) in [6.45, 7) is 9.31. The number of hydrogen-bond acceptors (Lipinski definition) is 5. The second kappa shape index (κ2) is 10.8. The van der Waals surface area contributed by atoms with Gasteiger partial charge in [0.1, 0.15) is 0 Å². The second-order valence-electron chi connectivity index (χ2n) is 9.74. The van der Waals surface area contributed by atoms with Crippen molar-refractivity contribution >= 4 is 23.1 Å². The molecular formula is C26H35F3N4S. The molecule has 2 aromatic carbocycles. The van der Waals surface area contributed by atoms with Crippen LogP contribution in [0, 0.1) is 11.8 Å². The van der Waals surface area contributed by atoms with E-state index in [2.05, 4.69) is 47.6 Å². The quantitative estimate of drug-likeness (QED) is 0.358. The van der Waals surface area contributed by atoms with Gasteiger partial charge in [0.2, 0.25) is 0 Å². The minimum absolute atomic E-state index is 0.572. The molecule has 4 nitrogen and oxygen atoms in total. The Morgan fingerprint density at radius 3 is 2.50 bits per heavy atom. The standard InChI is InChI=1S/C26H35F3N4S/c1-17-10-18(2)16-33(15-17)21-5-4-19-11-22-23(32-8-3-7-31-9-6-30)12-20(26(27,28)29)13-25(22)34-24(19)14-21/h4-5,12-14,17-18,31-32H,3,6-11,15-16,30H2,1-2H3. The number of hydrogen-bond donors (Lipinski definition) is 3. The van der Waals surface area contributed by atoms with Crippen LogP contribution in [0.1, 0.15) is 43.4 Å². The smallest absolute Gasteiger partial charge is 0.385 e. The summed E-state index contributed by atoms with van der Waals surface area (Å²) >= 11 is 1.46. The number of anilines is 2. The Bertz CT molecular complexity index is 985. The van der Waals surface area contributed by atoms with E-state index in [1.165, 1.54) is 41.6 Å². The van der Waals surface area contributed by atoms with E-state index in [0.29, 0.717) is 41.9 Å². The summed E-state index contributed by atoms with van der Waals surface area (Å²) in [5, 5.41) is 6.49. The maximum absolute atomic E-state index is 13.7. The molecule has 0 amide bonds. The summed E-state index contributed by atoms with van der Waals surface area (Å²) in [6.07, 6.45) is -1.69. The summed E-state index contributed by atoms with van der Waals surface area (Å²) in [6, 6.07) is 9.08. The lowest BCUT2D eigenvalue weighted by Gasteiger charge is -2.37. The van der Waals surface area contributed by atoms with Crippen molar-refractivity contribution in [1.29, 1.82) is 0 Å². The number of nitrogens with one attached hydrogen (secondary N) is 2. The number of nitrogens with two attached hydrogens (primary N) is 1. The van der Waals surface area contributed by atoms with E-state index in [9.17, 15) is 13.2 Å². The lowest BCUT2D eigenvalue weighted by Crippen LogP contribution is -2.38. The molecule has 0 aromatic heterocycles. The molecule has 0 bridgehead atoms. The van der Waals surface area contributed by atoms with Gasteiger partial charge in [-0.15, -0.1) is 0 Å². The van der Waals surface area contributed by atoms with Gasteiger partial charge < -0.3 is 21.3 Å². The molecular weight excluding hydrogens is 457 g/mol. The van der Waals surface area contributed by atoms with Crippen LogP contribution < -0.4 is 21.3 Å². The monoisotopic (exact) mass is 492 g/mol. The van der Waals surface area contributed by atoms with Gasteiger partial charge in [0.05, 0.1) is 5.56 Å². The number of fused-ring (bicyclic) bond motifs is 2. The summed E-state index contributed by atoms with van der Waals surface area (Å²) in [5.41, 5.74) is 8.77. The predicted molar refractivity (Wildman–Crippen MR) is 135 cm³/mol. The van der Waals surface area contributed by atoms with E-state index in [1.807, 2.05) is 0 Å². The number of piperidine rings is 1. The zero-order chi connectivity index (χ0) is 24.3. The van der Waals surface area contributed by atoms with Gasteiger partial charge in [-0.05, 0) is 66.6 Å². The molecule has 0 aliphatic carbocycles. The summed E-state index contributed by atoms with van der Waals surface area (Å²) in [4.78, 5) is 4.18. The fraction of sp³-hybridized carbons (Fsp3) is 0.538. The Morgan fingerprint density at radius 1 is 1.03 bits per heavy atom. The van der Waals surface area contributed by atoms with Crippen molar-refractivity contribution in [3.8, 4) is 0 Å². The van der Waals surface area contributed by atoms with Crippen molar-refractivity contribution in [2.45, 2.75) is 49.1 Å². The van der Waals surface area contributed by atoms with Crippen molar-refractivity contribution in [1.82, 2.24) is 5.32 Å². The number of nitrogens with zero attached hydrogens (tertiary/aromatic N) is 1. The highest BCUT2D eigenvalue weighted by Gasteiger charge is 2.33. The molecule has 2 aliphatic rings. The lowest BCUT2D eigenvalue weighted by atomic mass is 9.91. The van der Waals surface area contributed by atoms with Gasteiger partial charge in [-0.2, -0.15) is 13.2 Å². The maximum atomic E-state index is 13.7. The first-order chi connectivity index (χ1) is 16.2. The first-order valence-electron chi connectivity index (χ1n) is 12.2. The number of halogens is 3. The van der Waals surface area contributed by atoms with Crippen molar-refractivity contribution < 1.29 is 13.2 Å². The van der Waals surface area contributed by atoms with Crippen LogP contribution in [-0.2, 0) is 12.6 Å². The first kappa shape index (κ1) is 25.2. The van der Waals surface area contributed by atoms with Crippen LogP contribution in [0.5, 0.6) is 0 Å². The van der Waals surface area contributed by atoms with Gasteiger partial charge >= 0.3 is 6.18 Å². The molecule has 2 atom stereocenters. The van der Waals surface area contributed by atoms with Gasteiger partial charge in [0.15, 0.2) is 0 Å². The van der Waals surface area contributed by atoms with Crippen LogP contribution in [0.2, 0.25) is 0 Å². The van der Waals surface area contributed by atoms with Gasteiger partial charge in [0, 0.05) is 60.3 Å². The summed E-state index contributed by atoms with van der Waals surface area (Å²) in [7, 11) is 0. The Morgan fingerprint density at radius 2 is 1.79 bits per heavy atom. The topological polar surface area (TPSA) is 53.3 Å². The van der Waals surface area contributed by atoms with E-state index < -0.39 is 11.7 Å². The Labute approximate surface area is 204 Å². The Hall–Kier alpha value is -1.90. The highest BCUT2D eigenvalue weighted by atomic mass is 32.2. The van der Waals surface area contributed by atoms with E-state index in [1.54, 1.807) is 0 Å². The van der Waals surface area contributed by atoms with Crippen molar-refractivity contribution in [2.75, 3.05) is 49.5 Å². The third-order valence-corrected chi connectivity index (χ3v) is 7.76. The van der Waals surface area contributed by atoms with E-state index in [4.69, 9.17) is 5.73 Å². The molecule has 0 radical (unpaired) electrons. The van der Waals surface area contributed by atoms with Gasteiger partial charge in [-0.3, -0.25) is 0 Å².